The Kier molecular flexibility index (Phi) is 5.41. The number of carbonyl (C=O) groups excluding carboxylic acids is 2. The van der Waals surface area contributed by atoms with Crippen LogP contribution in [0, 0.1) is 0 Å². The molecule has 1 aromatic carbocycles. The quantitative estimate of drug-likeness (QED) is 0.870. The Labute approximate surface area is 140 Å². The number of carbonyl (C=O) groups is 2. The van der Waals surface area contributed by atoms with Crippen LogP contribution in [0.3, 0.4) is 0 Å². The SMILES string of the molecule is O=C(NC1CCN(C(=O)C(F)(F)F)CC1)c1ccc(Cl)c(Cl)c1. The van der Waals surface area contributed by atoms with Gasteiger partial charge in [-0.25, -0.2) is 0 Å². The number of rotatable bonds is 2. The normalized spacial score (nSPS) is 16.3. The van der Waals surface area contributed by atoms with Gasteiger partial charge in [0.1, 0.15) is 0 Å². The molecule has 4 nitrogen and oxygen atoms in total. The van der Waals surface area contributed by atoms with Gasteiger partial charge in [-0.3, -0.25) is 9.59 Å². The number of piperidine rings is 1. The highest BCUT2D eigenvalue weighted by molar-refractivity contribution is 6.42. The number of hydrogen-bond acceptors (Lipinski definition) is 2. The van der Waals surface area contributed by atoms with Crippen LogP contribution in [0.4, 0.5) is 13.2 Å². The summed E-state index contributed by atoms with van der Waals surface area (Å²) in [6, 6.07) is 4.12. The number of benzene rings is 1. The molecule has 1 heterocycles. The fraction of sp³-hybridized carbons (Fsp3) is 0.429. The summed E-state index contributed by atoms with van der Waals surface area (Å²) >= 11 is 11.6. The van der Waals surface area contributed by atoms with Crippen LogP contribution in [-0.4, -0.2) is 42.0 Å². The zero-order valence-corrected chi connectivity index (χ0v) is 13.3. The second-order valence-electron chi connectivity index (χ2n) is 5.17. The Hall–Kier alpha value is -1.47. The van der Waals surface area contributed by atoms with Crippen molar-refractivity contribution in [3.63, 3.8) is 0 Å². The first kappa shape index (κ1) is 17.9. The minimum Gasteiger partial charge on any atom is -0.349 e. The highest BCUT2D eigenvalue weighted by Crippen LogP contribution is 2.24. The molecular formula is C14H13Cl2F3N2O2. The van der Waals surface area contributed by atoms with E-state index in [9.17, 15) is 22.8 Å². The number of likely N-dealkylation sites (tertiary alicyclic amines) is 1. The first-order valence-corrected chi connectivity index (χ1v) is 7.56. The van der Waals surface area contributed by atoms with Crippen molar-refractivity contribution in [1.29, 1.82) is 0 Å². The van der Waals surface area contributed by atoms with E-state index in [0.717, 1.165) is 4.90 Å². The van der Waals surface area contributed by atoms with Crippen molar-refractivity contribution >= 4 is 35.0 Å². The monoisotopic (exact) mass is 368 g/mol. The van der Waals surface area contributed by atoms with Gasteiger partial charge in [-0.05, 0) is 31.0 Å². The molecule has 0 aliphatic carbocycles. The molecule has 2 rings (SSSR count). The molecule has 1 aromatic rings. The van der Waals surface area contributed by atoms with Crippen molar-refractivity contribution in [2.24, 2.45) is 0 Å². The molecule has 1 N–H and O–H groups in total. The van der Waals surface area contributed by atoms with E-state index in [1.807, 2.05) is 0 Å². The maximum absolute atomic E-state index is 12.3. The summed E-state index contributed by atoms with van der Waals surface area (Å²) in [5, 5.41) is 3.28. The lowest BCUT2D eigenvalue weighted by atomic mass is 10.0. The summed E-state index contributed by atoms with van der Waals surface area (Å²) in [5.41, 5.74) is 0.313. The lowest BCUT2D eigenvalue weighted by Crippen LogP contribution is -2.50. The smallest absolute Gasteiger partial charge is 0.349 e. The fourth-order valence-corrected chi connectivity index (χ4v) is 2.61. The third-order valence-electron chi connectivity index (χ3n) is 3.54. The molecule has 1 saturated heterocycles. The lowest BCUT2D eigenvalue weighted by molar-refractivity contribution is -0.186. The summed E-state index contributed by atoms with van der Waals surface area (Å²) in [7, 11) is 0. The Balaban J connectivity index is 1.90. The van der Waals surface area contributed by atoms with E-state index in [-0.39, 0.29) is 42.9 Å². The van der Waals surface area contributed by atoms with E-state index in [0.29, 0.717) is 10.6 Å². The van der Waals surface area contributed by atoms with E-state index in [1.165, 1.54) is 18.2 Å². The molecule has 1 aliphatic heterocycles. The average molecular weight is 369 g/mol. The summed E-state index contributed by atoms with van der Waals surface area (Å²) in [6.45, 7) is -0.102. The Morgan fingerprint density at radius 1 is 1.13 bits per heavy atom. The van der Waals surface area contributed by atoms with Crippen LogP contribution < -0.4 is 5.32 Å². The summed E-state index contributed by atoms with van der Waals surface area (Å²) < 4.78 is 37.0. The molecular weight excluding hydrogens is 356 g/mol. The standard InChI is InChI=1S/C14H13Cl2F3N2O2/c15-10-2-1-8(7-11(10)16)12(22)20-9-3-5-21(6-4-9)13(23)14(17,18)19/h1-2,7,9H,3-6H2,(H,20,22). The summed E-state index contributed by atoms with van der Waals surface area (Å²) in [6.07, 6.45) is -4.35. The van der Waals surface area contributed by atoms with Crippen molar-refractivity contribution in [3.8, 4) is 0 Å². The predicted octanol–water partition coefficient (Wildman–Crippen LogP) is 3.28. The highest BCUT2D eigenvalue weighted by atomic mass is 35.5. The zero-order valence-electron chi connectivity index (χ0n) is 11.8. The van der Waals surface area contributed by atoms with Gasteiger partial charge in [0.15, 0.2) is 0 Å². The number of amides is 2. The van der Waals surface area contributed by atoms with Crippen molar-refractivity contribution in [1.82, 2.24) is 10.2 Å². The second kappa shape index (κ2) is 6.97. The van der Waals surface area contributed by atoms with Crippen LogP contribution >= 0.6 is 23.2 Å². The van der Waals surface area contributed by atoms with E-state index in [4.69, 9.17) is 23.2 Å². The first-order valence-electron chi connectivity index (χ1n) is 6.80. The molecule has 126 valence electrons. The van der Waals surface area contributed by atoms with Crippen LogP contribution in [0.1, 0.15) is 23.2 Å². The third kappa shape index (κ3) is 4.51. The van der Waals surface area contributed by atoms with Crippen LogP contribution in [0.25, 0.3) is 0 Å². The van der Waals surface area contributed by atoms with E-state index >= 15 is 0 Å². The Bertz CT molecular complexity index is 615. The Morgan fingerprint density at radius 3 is 2.26 bits per heavy atom. The minimum atomic E-state index is -4.86. The molecule has 0 unspecified atom stereocenters. The fourth-order valence-electron chi connectivity index (χ4n) is 2.31. The minimum absolute atomic E-state index is 0.0509. The number of halogens is 5. The van der Waals surface area contributed by atoms with Crippen molar-refractivity contribution < 1.29 is 22.8 Å². The molecule has 0 atom stereocenters. The molecule has 1 aliphatic rings. The first-order chi connectivity index (χ1) is 10.7. The maximum Gasteiger partial charge on any atom is 0.471 e. The average Bonchev–Trinajstić information content (AvgIpc) is 2.49. The molecule has 0 saturated carbocycles. The Morgan fingerprint density at radius 2 is 1.74 bits per heavy atom. The van der Waals surface area contributed by atoms with Crippen LogP contribution in [-0.2, 0) is 4.79 Å². The van der Waals surface area contributed by atoms with Gasteiger partial charge in [0.25, 0.3) is 5.91 Å². The molecule has 9 heteroatoms. The van der Waals surface area contributed by atoms with Gasteiger partial charge in [0.2, 0.25) is 0 Å². The van der Waals surface area contributed by atoms with Crippen molar-refractivity contribution in [3.05, 3.63) is 33.8 Å². The van der Waals surface area contributed by atoms with Gasteiger partial charge in [-0.15, -0.1) is 0 Å². The van der Waals surface area contributed by atoms with E-state index in [2.05, 4.69) is 5.32 Å². The number of nitrogens with one attached hydrogen (secondary N) is 1. The highest BCUT2D eigenvalue weighted by Gasteiger charge is 2.43. The number of hydrogen-bond donors (Lipinski definition) is 1. The van der Waals surface area contributed by atoms with Crippen molar-refractivity contribution in [2.45, 2.75) is 25.1 Å². The van der Waals surface area contributed by atoms with Crippen LogP contribution in [0.2, 0.25) is 10.0 Å². The van der Waals surface area contributed by atoms with Gasteiger partial charge in [-0.2, -0.15) is 13.2 Å². The van der Waals surface area contributed by atoms with Gasteiger partial charge in [0, 0.05) is 24.7 Å². The van der Waals surface area contributed by atoms with Crippen LogP contribution in [0.15, 0.2) is 18.2 Å². The molecule has 0 radical (unpaired) electrons. The van der Waals surface area contributed by atoms with Gasteiger partial charge in [0.05, 0.1) is 10.0 Å². The van der Waals surface area contributed by atoms with E-state index in [1.54, 1.807) is 0 Å². The van der Waals surface area contributed by atoms with Gasteiger partial charge in [-0.1, -0.05) is 23.2 Å². The van der Waals surface area contributed by atoms with Gasteiger partial charge >= 0.3 is 12.1 Å². The van der Waals surface area contributed by atoms with Crippen LogP contribution in [0.5, 0.6) is 0 Å². The zero-order chi connectivity index (χ0) is 17.2. The molecule has 0 bridgehead atoms. The maximum atomic E-state index is 12.3. The molecule has 0 aromatic heterocycles. The number of alkyl halides is 3. The number of nitrogens with zero attached hydrogens (tertiary/aromatic N) is 1. The predicted molar refractivity (Wildman–Crippen MR) is 79.6 cm³/mol. The van der Waals surface area contributed by atoms with Gasteiger partial charge < -0.3 is 10.2 Å². The topological polar surface area (TPSA) is 49.4 Å². The molecule has 23 heavy (non-hydrogen) atoms. The molecule has 0 spiro atoms. The summed E-state index contributed by atoms with van der Waals surface area (Å²) in [5.74, 6) is -2.23. The van der Waals surface area contributed by atoms with E-state index < -0.39 is 12.1 Å². The van der Waals surface area contributed by atoms with Crippen molar-refractivity contribution in [2.75, 3.05) is 13.1 Å². The lowest BCUT2D eigenvalue weighted by Gasteiger charge is -2.32. The summed E-state index contributed by atoms with van der Waals surface area (Å²) in [4.78, 5) is 24.0. The second-order valence-corrected chi connectivity index (χ2v) is 5.98. The largest absolute Gasteiger partial charge is 0.471 e. The molecule has 1 fully saturated rings. The molecule has 2 amide bonds. The third-order valence-corrected chi connectivity index (χ3v) is 4.28.